The van der Waals surface area contributed by atoms with Gasteiger partial charge in [0.25, 0.3) is 0 Å². The molecule has 1 aliphatic rings. The lowest BCUT2D eigenvalue weighted by Gasteiger charge is -2.21. The molecule has 0 unspecified atom stereocenters. The molecule has 0 saturated carbocycles. The van der Waals surface area contributed by atoms with E-state index in [1.54, 1.807) is 6.20 Å². The molecule has 0 aliphatic carbocycles. The third kappa shape index (κ3) is 3.34. The Labute approximate surface area is 146 Å². The number of sulfonamides is 1. The largest absolute Gasteiger partial charge is 0.456 e. The Bertz CT molecular complexity index is 1000. The zero-order chi connectivity index (χ0) is 17.3. The molecule has 0 amide bonds. The molecule has 2 aromatic carbocycles. The molecule has 126 valence electrons. The number of aromatic nitrogens is 1. The Balaban J connectivity index is 1.65. The number of nitrogens with zero attached hydrogens (tertiary/aromatic N) is 1. The van der Waals surface area contributed by atoms with Gasteiger partial charge in [0.15, 0.2) is 0 Å². The third-order valence-corrected chi connectivity index (χ3v) is 5.30. The highest BCUT2D eigenvalue weighted by molar-refractivity contribution is 7.92. The van der Waals surface area contributed by atoms with Crippen LogP contribution in [0.5, 0.6) is 11.5 Å². The predicted molar refractivity (Wildman–Crippen MR) is 97.3 cm³/mol. The van der Waals surface area contributed by atoms with E-state index in [0.717, 1.165) is 16.9 Å². The molecule has 0 atom stereocenters. The highest BCUT2D eigenvalue weighted by Gasteiger charge is 2.23. The molecule has 0 saturated heterocycles. The van der Waals surface area contributed by atoms with Gasteiger partial charge in [0.05, 0.1) is 23.3 Å². The van der Waals surface area contributed by atoms with Crippen molar-refractivity contribution in [1.82, 2.24) is 4.98 Å². The Kier molecular flexibility index (Phi) is 3.89. The van der Waals surface area contributed by atoms with Crippen LogP contribution in [0, 0.1) is 0 Å². The van der Waals surface area contributed by atoms with Gasteiger partial charge < -0.3 is 4.74 Å². The summed E-state index contributed by atoms with van der Waals surface area (Å²) in [6.07, 6.45) is 2.15. The molecule has 0 radical (unpaired) electrons. The van der Waals surface area contributed by atoms with Crippen molar-refractivity contribution < 1.29 is 13.2 Å². The molecule has 1 aromatic heterocycles. The molecular formula is C19H16N2O3S. The van der Waals surface area contributed by atoms with Gasteiger partial charge in [-0.2, -0.15) is 0 Å². The number of nitrogens with one attached hydrogen (secondary N) is 1. The van der Waals surface area contributed by atoms with Crippen molar-refractivity contribution >= 4 is 15.7 Å². The van der Waals surface area contributed by atoms with Crippen LogP contribution in [-0.2, 0) is 16.4 Å². The first-order valence-electron chi connectivity index (χ1n) is 7.92. The van der Waals surface area contributed by atoms with E-state index in [9.17, 15) is 8.42 Å². The average Bonchev–Trinajstić information content (AvgIpc) is 2.62. The van der Waals surface area contributed by atoms with Crippen LogP contribution in [0.3, 0.4) is 0 Å². The minimum atomic E-state index is -3.28. The molecular weight excluding hydrogens is 336 g/mol. The maximum absolute atomic E-state index is 11.9. The van der Waals surface area contributed by atoms with Gasteiger partial charge in [-0.05, 0) is 36.2 Å². The highest BCUT2D eigenvalue weighted by atomic mass is 32.2. The van der Waals surface area contributed by atoms with Gasteiger partial charge in [-0.3, -0.25) is 9.71 Å². The normalized spacial score (nSPS) is 15.0. The van der Waals surface area contributed by atoms with E-state index < -0.39 is 10.0 Å². The summed E-state index contributed by atoms with van der Waals surface area (Å²) in [5.74, 6) is 1.48. The van der Waals surface area contributed by atoms with E-state index in [1.165, 1.54) is 0 Å². The van der Waals surface area contributed by atoms with Crippen LogP contribution < -0.4 is 9.46 Å². The Hall–Kier alpha value is -2.86. The molecule has 1 aliphatic heterocycles. The fourth-order valence-electron chi connectivity index (χ4n) is 2.82. The lowest BCUT2D eigenvalue weighted by atomic mass is 10.0. The first-order chi connectivity index (χ1) is 12.1. The van der Waals surface area contributed by atoms with Crippen LogP contribution in [0.25, 0.3) is 11.3 Å². The van der Waals surface area contributed by atoms with E-state index in [4.69, 9.17) is 4.74 Å². The summed E-state index contributed by atoms with van der Waals surface area (Å²) in [5.41, 5.74) is 3.07. The van der Waals surface area contributed by atoms with Crippen LogP contribution in [0.2, 0.25) is 0 Å². The van der Waals surface area contributed by atoms with Crippen molar-refractivity contribution in [2.45, 2.75) is 6.42 Å². The second-order valence-electron chi connectivity index (χ2n) is 5.80. The molecule has 1 N–H and O–H groups in total. The first kappa shape index (κ1) is 15.7. The second-order valence-corrected chi connectivity index (χ2v) is 7.65. The van der Waals surface area contributed by atoms with Crippen molar-refractivity contribution in [3.63, 3.8) is 0 Å². The summed E-state index contributed by atoms with van der Waals surface area (Å²) >= 11 is 0. The van der Waals surface area contributed by atoms with E-state index in [0.29, 0.717) is 23.6 Å². The van der Waals surface area contributed by atoms with Crippen LogP contribution in [0.15, 0.2) is 66.9 Å². The van der Waals surface area contributed by atoms with E-state index in [2.05, 4.69) is 9.71 Å². The monoisotopic (exact) mass is 352 g/mol. The molecule has 3 aromatic rings. The smallest absolute Gasteiger partial charge is 0.233 e. The SMILES string of the molecule is O=S1(=O)CCc2cccc(-c3ccc(Oc4ccccc4)cn3)c2N1. The Morgan fingerprint density at radius 2 is 1.76 bits per heavy atom. The quantitative estimate of drug-likeness (QED) is 0.778. The number of hydrogen-bond acceptors (Lipinski definition) is 4. The van der Waals surface area contributed by atoms with Crippen LogP contribution in [0.4, 0.5) is 5.69 Å². The molecule has 6 heteroatoms. The zero-order valence-electron chi connectivity index (χ0n) is 13.3. The van der Waals surface area contributed by atoms with Gasteiger partial charge in [-0.1, -0.05) is 36.4 Å². The summed E-state index contributed by atoms with van der Waals surface area (Å²) in [6.45, 7) is 0. The number of aryl methyl sites for hydroxylation is 1. The minimum Gasteiger partial charge on any atom is -0.456 e. The van der Waals surface area contributed by atoms with Crippen LogP contribution in [-0.4, -0.2) is 19.2 Å². The van der Waals surface area contributed by atoms with Gasteiger partial charge in [0.1, 0.15) is 11.5 Å². The minimum absolute atomic E-state index is 0.112. The van der Waals surface area contributed by atoms with Gasteiger partial charge >= 0.3 is 0 Å². The van der Waals surface area contributed by atoms with E-state index >= 15 is 0 Å². The number of ether oxygens (including phenoxy) is 1. The number of hydrogen-bond donors (Lipinski definition) is 1. The van der Waals surface area contributed by atoms with Gasteiger partial charge in [-0.15, -0.1) is 0 Å². The van der Waals surface area contributed by atoms with E-state index in [-0.39, 0.29) is 5.75 Å². The summed E-state index contributed by atoms with van der Waals surface area (Å²) in [6, 6.07) is 18.9. The molecule has 0 bridgehead atoms. The summed E-state index contributed by atoms with van der Waals surface area (Å²) in [5, 5.41) is 0. The van der Waals surface area contributed by atoms with Crippen molar-refractivity contribution in [3.05, 3.63) is 72.4 Å². The predicted octanol–water partition coefficient (Wildman–Crippen LogP) is 3.84. The van der Waals surface area contributed by atoms with E-state index in [1.807, 2.05) is 60.7 Å². The van der Waals surface area contributed by atoms with Crippen LogP contribution in [0.1, 0.15) is 5.56 Å². The topological polar surface area (TPSA) is 68.3 Å². The molecule has 4 rings (SSSR count). The number of fused-ring (bicyclic) bond motifs is 1. The number of pyridine rings is 1. The standard InChI is InChI=1S/C19H16N2O3S/c22-25(23)12-11-14-5-4-8-17(19(14)21-25)18-10-9-16(13-20-18)24-15-6-2-1-3-7-15/h1-10,13,21H,11-12H2. The molecule has 0 spiro atoms. The van der Waals surface area contributed by atoms with Crippen molar-refractivity contribution in [3.8, 4) is 22.8 Å². The lowest BCUT2D eigenvalue weighted by molar-refractivity contribution is 0.480. The molecule has 0 fully saturated rings. The lowest BCUT2D eigenvalue weighted by Crippen LogP contribution is -2.24. The number of para-hydroxylation sites is 2. The fourth-order valence-corrected chi connectivity index (χ4v) is 3.96. The summed E-state index contributed by atoms with van der Waals surface area (Å²) in [7, 11) is -3.28. The Morgan fingerprint density at radius 1 is 0.920 bits per heavy atom. The highest BCUT2D eigenvalue weighted by Crippen LogP contribution is 2.34. The fraction of sp³-hybridized carbons (Fsp3) is 0.105. The molecule has 2 heterocycles. The van der Waals surface area contributed by atoms with Gasteiger partial charge in [0, 0.05) is 5.56 Å². The number of rotatable bonds is 3. The number of benzene rings is 2. The number of anilines is 1. The Morgan fingerprint density at radius 3 is 2.52 bits per heavy atom. The van der Waals surface area contributed by atoms with Crippen molar-refractivity contribution in [2.24, 2.45) is 0 Å². The maximum atomic E-state index is 11.9. The van der Waals surface area contributed by atoms with Crippen LogP contribution >= 0.6 is 0 Å². The molecule has 25 heavy (non-hydrogen) atoms. The first-order valence-corrected chi connectivity index (χ1v) is 9.58. The van der Waals surface area contributed by atoms with Crippen molar-refractivity contribution in [2.75, 3.05) is 10.5 Å². The summed E-state index contributed by atoms with van der Waals surface area (Å²) in [4.78, 5) is 4.44. The van der Waals surface area contributed by atoms with Gasteiger partial charge in [0.2, 0.25) is 10.0 Å². The van der Waals surface area contributed by atoms with Gasteiger partial charge in [-0.25, -0.2) is 8.42 Å². The summed E-state index contributed by atoms with van der Waals surface area (Å²) < 4.78 is 32.2. The van der Waals surface area contributed by atoms with Crippen molar-refractivity contribution in [1.29, 1.82) is 0 Å². The molecule has 5 nitrogen and oxygen atoms in total. The average molecular weight is 352 g/mol. The zero-order valence-corrected chi connectivity index (χ0v) is 14.2. The second kappa shape index (κ2) is 6.22. The maximum Gasteiger partial charge on any atom is 0.233 e. The third-order valence-electron chi connectivity index (χ3n) is 4.04.